The number of nitrogens with one attached hydrogen (secondary N) is 1. The third-order valence-corrected chi connectivity index (χ3v) is 5.48. The molecule has 142 valence electrons. The van der Waals surface area contributed by atoms with Crippen molar-refractivity contribution in [3.05, 3.63) is 22.3 Å². The van der Waals surface area contributed by atoms with Crippen LogP contribution in [0, 0.1) is 12.3 Å². The maximum absolute atomic E-state index is 12.9. The molecule has 8 heteroatoms. The average molecular weight is 425 g/mol. The number of ether oxygens (including phenoxy) is 1. The van der Waals surface area contributed by atoms with Crippen molar-refractivity contribution in [2.75, 3.05) is 11.9 Å². The van der Waals surface area contributed by atoms with Gasteiger partial charge in [0.1, 0.15) is 22.1 Å². The number of carbonyl (C=O) groups excluding carboxylic acids is 2. The second-order valence-corrected chi connectivity index (χ2v) is 9.00. The molecule has 1 aliphatic carbocycles. The van der Waals surface area contributed by atoms with Gasteiger partial charge in [-0.2, -0.15) is 0 Å². The number of nitrogens with zero attached hydrogens (tertiary/aromatic N) is 2. The molecule has 1 saturated heterocycles. The van der Waals surface area contributed by atoms with Crippen LogP contribution in [0.3, 0.4) is 0 Å². The van der Waals surface area contributed by atoms with Gasteiger partial charge in [-0.05, 0) is 68.1 Å². The van der Waals surface area contributed by atoms with E-state index in [0.717, 1.165) is 12.0 Å². The Morgan fingerprint density at radius 3 is 2.73 bits per heavy atom. The average Bonchev–Trinajstić information content (AvgIpc) is 3.14. The third kappa shape index (κ3) is 3.57. The number of likely N-dealkylation sites (tertiary alicyclic amines) is 1. The number of fused-ring (bicyclic) bond motifs is 1. The molecule has 26 heavy (non-hydrogen) atoms. The van der Waals surface area contributed by atoms with Gasteiger partial charge in [-0.25, -0.2) is 9.78 Å². The first-order valence-corrected chi connectivity index (χ1v) is 9.51. The number of anilines is 1. The van der Waals surface area contributed by atoms with Crippen molar-refractivity contribution in [1.82, 2.24) is 9.88 Å². The zero-order chi connectivity index (χ0) is 19.3. The van der Waals surface area contributed by atoms with Crippen LogP contribution in [0.25, 0.3) is 0 Å². The summed E-state index contributed by atoms with van der Waals surface area (Å²) in [6.07, 6.45) is 0.905. The monoisotopic (exact) mass is 424 g/mol. The predicted molar refractivity (Wildman–Crippen MR) is 102 cm³/mol. The van der Waals surface area contributed by atoms with Gasteiger partial charge in [0.2, 0.25) is 5.91 Å². The number of halogens is 1. The van der Waals surface area contributed by atoms with Crippen LogP contribution in [0.1, 0.15) is 39.2 Å². The molecular weight excluding hydrogens is 400 g/mol. The molecule has 1 aliphatic heterocycles. The maximum Gasteiger partial charge on any atom is 0.411 e. The molecule has 0 spiro atoms. The fraction of sp³-hybridized carbons (Fsp3) is 0.611. The van der Waals surface area contributed by atoms with Crippen LogP contribution >= 0.6 is 15.9 Å². The Kier molecular flexibility index (Phi) is 4.77. The van der Waals surface area contributed by atoms with Gasteiger partial charge in [0.15, 0.2) is 0 Å². The lowest BCUT2D eigenvalue weighted by Crippen LogP contribution is -2.47. The fourth-order valence-electron chi connectivity index (χ4n) is 3.56. The molecule has 1 aromatic heterocycles. The lowest BCUT2D eigenvalue weighted by Gasteiger charge is -2.29. The summed E-state index contributed by atoms with van der Waals surface area (Å²) in [5, 5.41) is 2.85. The van der Waals surface area contributed by atoms with Crippen molar-refractivity contribution in [1.29, 1.82) is 0 Å². The SMILES string of the molecule is Cc1ccc(Br)nc1NC(=O)[C@@H]1C[C@@]2(CN)C[C@H]2N1C(=O)OC(C)(C)C. The van der Waals surface area contributed by atoms with E-state index < -0.39 is 17.7 Å². The highest BCUT2D eigenvalue weighted by Gasteiger charge is 2.67. The zero-order valence-electron chi connectivity index (χ0n) is 15.5. The number of pyridine rings is 1. The maximum atomic E-state index is 12.9. The number of piperidine rings is 1. The van der Waals surface area contributed by atoms with Gasteiger partial charge < -0.3 is 15.8 Å². The van der Waals surface area contributed by atoms with E-state index in [9.17, 15) is 9.59 Å². The van der Waals surface area contributed by atoms with E-state index in [1.54, 1.807) is 4.90 Å². The first-order chi connectivity index (χ1) is 12.1. The van der Waals surface area contributed by atoms with Gasteiger partial charge in [0, 0.05) is 18.0 Å². The molecule has 0 aromatic carbocycles. The molecule has 0 unspecified atom stereocenters. The number of rotatable bonds is 3. The summed E-state index contributed by atoms with van der Waals surface area (Å²) < 4.78 is 6.16. The van der Waals surface area contributed by atoms with Gasteiger partial charge in [-0.15, -0.1) is 0 Å². The molecule has 0 bridgehead atoms. The Morgan fingerprint density at radius 1 is 1.42 bits per heavy atom. The summed E-state index contributed by atoms with van der Waals surface area (Å²) in [4.78, 5) is 31.5. The van der Waals surface area contributed by atoms with Crippen LogP contribution in [0.4, 0.5) is 10.6 Å². The van der Waals surface area contributed by atoms with E-state index in [4.69, 9.17) is 10.5 Å². The fourth-order valence-corrected chi connectivity index (χ4v) is 3.87. The second-order valence-electron chi connectivity index (χ2n) is 8.18. The minimum atomic E-state index is -0.622. The van der Waals surface area contributed by atoms with Crippen LogP contribution in [0.2, 0.25) is 0 Å². The smallest absolute Gasteiger partial charge is 0.411 e. The van der Waals surface area contributed by atoms with E-state index in [0.29, 0.717) is 23.4 Å². The highest BCUT2D eigenvalue weighted by Crippen LogP contribution is 2.59. The highest BCUT2D eigenvalue weighted by molar-refractivity contribution is 9.10. The molecular formula is C18H25BrN4O3. The van der Waals surface area contributed by atoms with Gasteiger partial charge in [-0.3, -0.25) is 9.69 Å². The minimum Gasteiger partial charge on any atom is -0.444 e. The van der Waals surface area contributed by atoms with Crippen molar-refractivity contribution in [2.24, 2.45) is 11.1 Å². The first kappa shape index (κ1) is 19.1. The van der Waals surface area contributed by atoms with Crippen LogP contribution in [0.15, 0.2) is 16.7 Å². The molecule has 3 rings (SSSR count). The largest absolute Gasteiger partial charge is 0.444 e. The van der Waals surface area contributed by atoms with Crippen molar-refractivity contribution >= 4 is 33.7 Å². The lowest BCUT2D eigenvalue weighted by molar-refractivity contribution is -0.121. The van der Waals surface area contributed by atoms with Crippen molar-refractivity contribution in [3.63, 3.8) is 0 Å². The van der Waals surface area contributed by atoms with Crippen molar-refractivity contribution in [3.8, 4) is 0 Å². The molecule has 0 radical (unpaired) electrons. The second kappa shape index (κ2) is 6.49. The number of aryl methyl sites for hydroxylation is 1. The molecule has 3 N–H and O–H groups in total. The highest BCUT2D eigenvalue weighted by atomic mass is 79.9. The Balaban J connectivity index is 1.81. The predicted octanol–water partition coefficient (Wildman–Crippen LogP) is 2.82. The van der Waals surface area contributed by atoms with Crippen molar-refractivity contribution in [2.45, 2.75) is 58.2 Å². The Labute approximate surface area is 161 Å². The molecule has 7 nitrogen and oxygen atoms in total. The van der Waals surface area contributed by atoms with Crippen molar-refractivity contribution < 1.29 is 14.3 Å². The Morgan fingerprint density at radius 2 is 2.12 bits per heavy atom. The Bertz CT molecular complexity index is 748. The summed E-state index contributed by atoms with van der Waals surface area (Å²) in [5.41, 5.74) is 5.99. The van der Waals surface area contributed by atoms with E-state index in [1.165, 1.54) is 0 Å². The van der Waals surface area contributed by atoms with Gasteiger partial charge in [0.25, 0.3) is 0 Å². The molecule has 2 fully saturated rings. The standard InChI is InChI=1S/C18H25BrN4O3/c1-10-5-6-13(19)21-14(10)22-15(24)11-7-18(9-20)8-12(18)23(11)16(25)26-17(2,3)4/h5-6,11-12H,7-9,20H2,1-4H3,(H,21,22,24)/t11-,12+,18-/m0/s1. The number of nitrogens with two attached hydrogens (primary N) is 1. The summed E-state index contributed by atoms with van der Waals surface area (Å²) in [6, 6.07) is 3.04. The third-order valence-electron chi connectivity index (χ3n) is 5.04. The summed E-state index contributed by atoms with van der Waals surface area (Å²) in [7, 11) is 0. The topological polar surface area (TPSA) is 97.5 Å². The quantitative estimate of drug-likeness (QED) is 0.726. The number of carbonyl (C=O) groups is 2. The molecule has 2 amide bonds. The number of hydrogen-bond acceptors (Lipinski definition) is 5. The summed E-state index contributed by atoms with van der Waals surface area (Å²) in [6.45, 7) is 7.76. The van der Waals surface area contributed by atoms with Gasteiger partial charge in [-0.1, -0.05) is 6.07 Å². The van der Waals surface area contributed by atoms with Gasteiger partial charge in [0.05, 0.1) is 0 Å². The van der Waals surface area contributed by atoms with E-state index >= 15 is 0 Å². The number of amides is 2. The zero-order valence-corrected chi connectivity index (χ0v) is 17.1. The van der Waals surface area contributed by atoms with Gasteiger partial charge >= 0.3 is 6.09 Å². The normalized spacial score (nSPS) is 27.1. The lowest BCUT2D eigenvalue weighted by atomic mass is 9.99. The minimum absolute atomic E-state index is 0.0327. The Hall–Kier alpha value is -1.67. The molecule has 3 atom stereocenters. The molecule has 2 heterocycles. The summed E-state index contributed by atoms with van der Waals surface area (Å²) >= 11 is 3.31. The molecule has 2 aliphatic rings. The van der Waals surface area contributed by atoms with Crippen LogP contribution in [-0.4, -0.2) is 46.1 Å². The number of hydrogen-bond donors (Lipinski definition) is 2. The van der Waals surface area contributed by atoms with Crippen LogP contribution < -0.4 is 11.1 Å². The van der Waals surface area contributed by atoms with Crippen LogP contribution in [0.5, 0.6) is 0 Å². The molecule has 1 saturated carbocycles. The first-order valence-electron chi connectivity index (χ1n) is 8.72. The number of aromatic nitrogens is 1. The molecule has 1 aromatic rings. The van der Waals surface area contributed by atoms with E-state index in [1.807, 2.05) is 39.8 Å². The van der Waals surface area contributed by atoms with E-state index in [2.05, 4.69) is 26.2 Å². The van der Waals surface area contributed by atoms with E-state index in [-0.39, 0.29) is 17.4 Å². The van der Waals surface area contributed by atoms with Crippen LogP contribution in [-0.2, 0) is 9.53 Å². The summed E-state index contributed by atoms with van der Waals surface area (Å²) in [5.74, 6) is 0.223.